The van der Waals surface area contributed by atoms with Gasteiger partial charge in [-0.3, -0.25) is 4.99 Å². The van der Waals surface area contributed by atoms with Crippen LogP contribution in [0.2, 0.25) is 0 Å². The fraction of sp³-hybridized carbons (Fsp3) is 0.941. The van der Waals surface area contributed by atoms with Crippen molar-refractivity contribution >= 4 is 17.7 Å². The SMILES string of the molecule is CN=C(NCC1(N(C)C)CCSC1)NC1CCN(C2CC2)CC1. The highest BCUT2D eigenvalue weighted by atomic mass is 32.2. The summed E-state index contributed by atoms with van der Waals surface area (Å²) >= 11 is 2.07. The molecule has 6 heteroatoms. The molecule has 132 valence electrons. The maximum atomic E-state index is 4.46. The van der Waals surface area contributed by atoms with Crippen LogP contribution in [0.15, 0.2) is 4.99 Å². The van der Waals surface area contributed by atoms with E-state index in [4.69, 9.17) is 0 Å². The molecule has 1 saturated carbocycles. The number of thioether (sulfide) groups is 1. The molecule has 0 spiro atoms. The summed E-state index contributed by atoms with van der Waals surface area (Å²) in [5, 5.41) is 7.25. The Morgan fingerprint density at radius 3 is 2.52 bits per heavy atom. The summed E-state index contributed by atoms with van der Waals surface area (Å²) in [6.07, 6.45) is 6.59. The normalized spacial score (nSPS) is 30.9. The number of piperidine rings is 1. The highest BCUT2D eigenvalue weighted by molar-refractivity contribution is 7.99. The molecule has 1 unspecified atom stereocenters. The van der Waals surface area contributed by atoms with Crippen LogP contribution in [0.3, 0.4) is 0 Å². The molecule has 0 aromatic carbocycles. The minimum atomic E-state index is 0.275. The molecule has 0 amide bonds. The second kappa shape index (κ2) is 7.62. The maximum absolute atomic E-state index is 4.46. The average molecular weight is 340 g/mol. The van der Waals surface area contributed by atoms with Crippen molar-refractivity contribution in [3.8, 4) is 0 Å². The van der Waals surface area contributed by atoms with Gasteiger partial charge in [0.05, 0.1) is 0 Å². The number of hydrogen-bond acceptors (Lipinski definition) is 4. The number of nitrogens with zero attached hydrogens (tertiary/aromatic N) is 3. The van der Waals surface area contributed by atoms with Crippen LogP contribution in [0.4, 0.5) is 0 Å². The van der Waals surface area contributed by atoms with Crippen molar-refractivity contribution in [2.45, 2.75) is 49.7 Å². The summed E-state index contributed by atoms with van der Waals surface area (Å²) in [5.74, 6) is 3.46. The lowest BCUT2D eigenvalue weighted by Crippen LogP contribution is -2.56. The van der Waals surface area contributed by atoms with Crippen molar-refractivity contribution in [2.75, 3.05) is 52.3 Å². The van der Waals surface area contributed by atoms with Gasteiger partial charge in [0.2, 0.25) is 0 Å². The Balaban J connectivity index is 1.45. The molecule has 2 saturated heterocycles. The van der Waals surface area contributed by atoms with Crippen LogP contribution in [0.1, 0.15) is 32.1 Å². The average Bonchev–Trinajstić information content (AvgIpc) is 3.30. The van der Waals surface area contributed by atoms with Crippen LogP contribution in [0.5, 0.6) is 0 Å². The van der Waals surface area contributed by atoms with Crippen LogP contribution in [0, 0.1) is 0 Å². The fourth-order valence-electron chi connectivity index (χ4n) is 3.73. The van der Waals surface area contributed by atoms with Gasteiger partial charge in [-0.2, -0.15) is 11.8 Å². The van der Waals surface area contributed by atoms with Gasteiger partial charge in [0.1, 0.15) is 0 Å². The van der Waals surface area contributed by atoms with Gasteiger partial charge in [-0.15, -0.1) is 0 Å². The molecule has 5 nitrogen and oxygen atoms in total. The minimum absolute atomic E-state index is 0.275. The molecule has 2 aliphatic heterocycles. The van der Waals surface area contributed by atoms with E-state index in [2.05, 4.69) is 51.3 Å². The first kappa shape index (κ1) is 17.4. The third-order valence-corrected chi connectivity index (χ3v) is 7.01. The van der Waals surface area contributed by atoms with Gasteiger partial charge in [0.15, 0.2) is 5.96 Å². The van der Waals surface area contributed by atoms with Crippen molar-refractivity contribution in [1.82, 2.24) is 20.4 Å². The second-order valence-electron chi connectivity index (χ2n) is 7.53. The zero-order valence-electron chi connectivity index (χ0n) is 15.0. The van der Waals surface area contributed by atoms with Crippen LogP contribution in [-0.4, -0.2) is 85.7 Å². The third kappa shape index (κ3) is 4.34. The lowest BCUT2D eigenvalue weighted by atomic mass is 9.97. The van der Waals surface area contributed by atoms with Crippen molar-refractivity contribution in [3.63, 3.8) is 0 Å². The Labute approximate surface area is 145 Å². The number of likely N-dealkylation sites (tertiary alicyclic amines) is 1. The van der Waals surface area contributed by atoms with E-state index in [0.717, 1.165) is 18.5 Å². The Hall–Kier alpha value is -0.460. The van der Waals surface area contributed by atoms with Crippen LogP contribution in [0.25, 0.3) is 0 Å². The lowest BCUT2D eigenvalue weighted by Gasteiger charge is -2.37. The van der Waals surface area contributed by atoms with E-state index >= 15 is 0 Å². The lowest BCUT2D eigenvalue weighted by molar-refractivity contribution is 0.181. The number of likely N-dealkylation sites (N-methyl/N-ethyl adjacent to an activating group) is 1. The van der Waals surface area contributed by atoms with E-state index in [-0.39, 0.29) is 5.54 Å². The Morgan fingerprint density at radius 2 is 2.00 bits per heavy atom. The molecule has 0 radical (unpaired) electrons. The summed E-state index contributed by atoms with van der Waals surface area (Å²) in [4.78, 5) is 9.52. The maximum Gasteiger partial charge on any atom is 0.191 e. The molecule has 3 rings (SSSR count). The summed E-state index contributed by atoms with van der Waals surface area (Å²) in [6.45, 7) is 3.47. The molecule has 0 aromatic rings. The Bertz CT molecular complexity index is 407. The predicted molar refractivity (Wildman–Crippen MR) is 100 cm³/mol. The van der Waals surface area contributed by atoms with Crippen LogP contribution < -0.4 is 10.6 Å². The molecule has 0 aromatic heterocycles. The first-order chi connectivity index (χ1) is 11.1. The molecular weight excluding hydrogens is 306 g/mol. The molecule has 0 bridgehead atoms. The first-order valence-corrected chi connectivity index (χ1v) is 10.2. The second-order valence-corrected chi connectivity index (χ2v) is 8.64. The quantitative estimate of drug-likeness (QED) is 0.582. The van der Waals surface area contributed by atoms with E-state index in [1.807, 2.05) is 7.05 Å². The Kier molecular flexibility index (Phi) is 5.75. The molecule has 2 N–H and O–H groups in total. The summed E-state index contributed by atoms with van der Waals surface area (Å²) in [5.41, 5.74) is 0.275. The summed E-state index contributed by atoms with van der Waals surface area (Å²) in [6, 6.07) is 1.48. The van der Waals surface area contributed by atoms with Gasteiger partial charge >= 0.3 is 0 Å². The molecule has 1 atom stereocenters. The number of aliphatic imine (C=N–C) groups is 1. The smallest absolute Gasteiger partial charge is 0.191 e. The van der Waals surface area contributed by atoms with E-state index in [0.29, 0.717) is 6.04 Å². The number of guanidine groups is 1. The molecule has 3 fully saturated rings. The van der Waals surface area contributed by atoms with E-state index in [1.165, 1.54) is 56.7 Å². The van der Waals surface area contributed by atoms with Crippen molar-refractivity contribution in [3.05, 3.63) is 0 Å². The van der Waals surface area contributed by atoms with Gasteiger partial charge in [-0.05, 0) is 52.0 Å². The standard InChI is InChI=1S/C17H33N5S/c1-18-16(19-12-17(21(2)3)8-11-23-13-17)20-14-6-9-22(10-7-14)15-4-5-15/h14-15H,4-13H2,1-3H3,(H2,18,19,20). The molecule has 1 aliphatic carbocycles. The molecular formula is C17H33N5S. The predicted octanol–water partition coefficient (Wildman–Crippen LogP) is 1.22. The van der Waals surface area contributed by atoms with Crippen molar-refractivity contribution in [2.24, 2.45) is 4.99 Å². The highest BCUT2D eigenvalue weighted by Crippen LogP contribution is 2.31. The monoisotopic (exact) mass is 339 g/mol. The summed E-state index contributed by atoms with van der Waals surface area (Å²) < 4.78 is 0. The Morgan fingerprint density at radius 1 is 1.26 bits per heavy atom. The van der Waals surface area contributed by atoms with Gasteiger partial charge in [0.25, 0.3) is 0 Å². The fourth-order valence-corrected chi connectivity index (χ4v) is 5.28. The topological polar surface area (TPSA) is 42.9 Å². The first-order valence-electron chi connectivity index (χ1n) is 9.09. The van der Waals surface area contributed by atoms with Crippen molar-refractivity contribution < 1.29 is 0 Å². The molecule has 23 heavy (non-hydrogen) atoms. The van der Waals surface area contributed by atoms with E-state index in [9.17, 15) is 0 Å². The number of rotatable bonds is 5. The highest BCUT2D eigenvalue weighted by Gasteiger charge is 2.37. The molecule has 2 heterocycles. The van der Waals surface area contributed by atoms with Crippen LogP contribution in [-0.2, 0) is 0 Å². The number of hydrogen-bond donors (Lipinski definition) is 2. The summed E-state index contributed by atoms with van der Waals surface area (Å²) in [7, 11) is 6.30. The van der Waals surface area contributed by atoms with Crippen molar-refractivity contribution in [1.29, 1.82) is 0 Å². The van der Waals surface area contributed by atoms with Crippen LogP contribution >= 0.6 is 11.8 Å². The van der Waals surface area contributed by atoms with Gasteiger partial charge in [-0.25, -0.2) is 0 Å². The van der Waals surface area contributed by atoms with E-state index in [1.54, 1.807) is 0 Å². The zero-order chi connectivity index (χ0) is 16.3. The molecule has 3 aliphatic rings. The largest absolute Gasteiger partial charge is 0.355 e. The number of nitrogens with one attached hydrogen (secondary N) is 2. The van der Waals surface area contributed by atoms with Gasteiger partial charge < -0.3 is 20.4 Å². The van der Waals surface area contributed by atoms with E-state index < -0.39 is 0 Å². The zero-order valence-corrected chi connectivity index (χ0v) is 15.8. The third-order valence-electron chi connectivity index (χ3n) is 5.77. The minimum Gasteiger partial charge on any atom is -0.355 e. The van der Waals surface area contributed by atoms with Gasteiger partial charge in [0, 0.05) is 50.1 Å². The van der Waals surface area contributed by atoms with Gasteiger partial charge in [-0.1, -0.05) is 0 Å².